The van der Waals surface area contributed by atoms with Crippen LogP contribution in [0.5, 0.6) is 0 Å². The van der Waals surface area contributed by atoms with Crippen LogP contribution in [0.3, 0.4) is 0 Å². The minimum absolute atomic E-state index is 0.0175. The first-order chi connectivity index (χ1) is 10.1. The van der Waals surface area contributed by atoms with E-state index in [1.54, 1.807) is 0 Å². The van der Waals surface area contributed by atoms with Crippen molar-refractivity contribution >= 4 is 0 Å². The fraction of sp³-hybridized carbons (Fsp3) is 1.00. The summed E-state index contributed by atoms with van der Waals surface area (Å²) < 4.78 is 0. The summed E-state index contributed by atoms with van der Waals surface area (Å²) >= 11 is 0. The van der Waals surface area contributed by atoms with Gasteiger partial charge in [-0.3, -0.25) is 0 Å². The van der Waals surface area contributed by atoms with E-state index in [0.717, 1.165) is 18.9 Å². The van der Waals surface area contributed by atoms with E-state index in [1.807, 2.05) is 0 Å². The second-order valence-electron chi connectivity index (χ2n) is 8.36. The van der Waals surface area contributed by atoms with Gasteiger partial charge in [-0.25, -0.2) is 0 Å². The number of fused-ring (bicyclic) bond motifs is 1. The van der Waals surface area contributed by atoms with Crippen LogP contribution in [0.1, 0.15) is 58.8 Å². The van der Waals surface area contributed by atoms with Crippen LogP contribution in [0.4, 0.5) is 0 Å². The fourth-order valence-electron chi connectivity index (χ4n) is 5.05. The predicted octanol–water partition coefficient (Wildman–Crippen LogP) is 2.64. The Bertz CT molecular complexity index is 338. The SMILES string of the molecule is CC(C)NCC1(CN2CC3CCC(O)C3C2)CCCCC1. The monoisotopic (exact) mass is 294 g/mol. The lowest BCUT2D eigenvalue weighted by Crippen LogP contribution is -2.46. The number of nitrogens with zero attached hydrogens (tertiary/aromatic N) is 1. The van der Waals surface area contributed by atoms with E-state index in [2.05, 4.69) is 24.1 Å². The summed E-state index contributed by atoms with van der Waals surface area (Å²) in [6.45, 7) is 9.34. The summed E-state index contributed by atoms with van der Waals surface area (Å²) in [6.07, 6.45) is 9.29. The zero-order valence-corrected chi connectivity index (χ0v) is 14.0. The molecule has 0 radical (unpaired) electrons. The van der Waals surface area contributed by atoms with E-state index in [1.165, 1.54) is 58.2 Å². The first kappa shape index (κ1) is 15.8. The molecular formula is C18H34N2O. The van der Waals surface area contributed by atoms with Gasteiger partial charge in [0.15, 0.2) is 0 Å². The molecule has 1 saturated heterocycles. The molecule has 3 rings (SSSR count). The van der Waals surface area contributed by atoms with Gasteiger partial charge < -0.3 is 15.3 Å². The maximum Gasteiger partial charge on any atom is 0.0583 e. The van der Waals surface area contributed by atoms with E-state index in [9.17, 15) is 5.11 Å². The third kappa shape index (κ3) is 3.62. The van der Waals surface area contributed by atoms with Crippen molar-refractivity contribution in [2.45, 2.75) is 70.9 Å². The van der Waals surface area contributed by atoms with E-state index in [-0.39, 0.29) is 6.10 Å². The molecule has 3 unspecified atom stereocenters. The summed E-state index contributed by atoms with van der Waals surface area (Å²) in [7, 11) is 0. The molecule has 3 nitrogen and oxygen atoms in total. The maximum absolute atomic E-state index is 10.1. The van der Waals surface area contributed by atoms with Gasteiger partial charge in [-0.05, 0) is 37.0 Å². The van der Waals surface area contributed by atoms with Gasteiger partial charge in [0.2, 0.25) is 0 Å². The Balaban J connectivity index is 1.59. The van der Waals surface area contributed by atoms with Gasteiger partial charge in [0.1, 0.15) is 0 Å². The van der Waals surface area contributed by atoms with Gasteiger partial charge >= 0.3 is 0 Å². The Hall–Kier alpha value is -0.120. The smallest absolute Gasteiger partial charge is 0.0583 e. The lowest BCUT2D eigenvalue weighted by Gasteiger charge is -2.41. The summed E-state index contributed by atoms with van der Waals surface area (Å²) in [4.78, 5) is 2.69. The van der Waals surface area contributed by atoms with E-state index in [4.69, 9.17) is 0 Å². The average Bonchev–Trinajstić information content (AvgIpc) is 3.00. The third-order valence-electron chi connectivity index (χ3n) is 6.25. The number of aliphatic hydroxyl groups excluding tert-OH is 1. The number of likely N-dealkylation sites (tertiary alicyclic amines) is 1. The molecule has 122 valence electrons. The lowest BCUT2D eigenvalue weighted by atomic mass is 9.73. The van der Waals surface area contributed by atoms with Gasteiger partial charge in [0.05, 0.1) is 6.10 Å². The molecule has 0 aromatic heterocycles. The summed E-state index contributed by atoms with van der Waals surface area (Å²) in [5, 5.41) is 13.8. The van der Waals surface area contributed by atoms with Crippen molar-refractivity contribution in [1.29, 1.82) is 0 Å². The molecule has 0 aromatic carbocycles. The molecule has 3 atom stereocenters. The van der Waals surface area contributed by atoms with Crippen LogP contribution < -0.4 is 5.32 Å². The summed E-state index contributed by atoms with van der Waals surface area (Å²) in [5.74, 6) is 1.35. The molecule has 2 N–H and O–H groups in total. The van der Waals surface area contributed by atoms with Crippen molar-refractivity contribution in [3.8, 4) is 0 Å². The molecule has 0 aromatic rings. The third-order valence-corrected chi connectivity index (χ3v) is 6.25. The fourth-order valence-corrected chi connectivity index (χ4v) is 5.05. The Labute approximate surface area is 130 Å². The number of hydrogen-bond donors (Lipinski definition) is 2. The largest absolute Gasteiger partial charge is 0.393 e. The van der Waals surface area contributed by atoms with Crippen LogP contribution in [0, 0.1) is 17.3 Å². The quantitative estimate of drug-likeness (QED) is 0.818. The zero-order valence-electron chi connectivity index (χ0n) is 14.0. The van der Waals surface area contributed by atoms with Gasteiger partial charge in [0, 0.05) is 38.1 Å². The van der Waals surface area contributed by atoms with E-state index >= 15 is 0 Å². The van der Waals surface area contributed by atoms with Crippen molar-refractivity contribution in [2.24, 2.45) is 17.3 Å². The zero-order chi connectivity index (χ0) is 14.9. The molecule has 0 spiro atoms. The van der Waals surface area contributed by atoms with E-state index in [0.29, 0.717) is 17.4 Å². The highest BCUT2D eigenvalue weighted by Crippen LogP contribution is 2.42. The Morgan fingerprint density at radius 2 is 1.90 bits per heavy atom. The van der Waals surface area contributed by atoms with Gasteiger partial charge in [-0.2, -0.15) is 0 Å². The number of hydrogen-bond acceptors (Lipinski definition) is 3. The first-order valence-electron chi connectivity index (χ1n) is 9.22. The second-order valence-corrected chi connectivity index (χ2v) is 8.36. The molecule has 0 bridgehead atoms. The Kier molecular flexibility index (Phi) is 4.92. The molecule has 3 fully saturated rings. The highest BCUT2D eigenvalue weighted by atomic mass is 16.3. The molecule has 1 aliphatic heterocycles. The van der Waals surface area contributed by atoms with Crippen LogP contribution in [0.15, 0.2) is 0 Å². The van der Waals surface area contributed by atoms with Crippen molar-refractivity contribution in [3.05, 3.63) is 0 Å². The molecule has 2 aliphatic carbocycles. The highest BCUT2D eigenvalue weighted by Gasteiger charge is 2.44. The molecule has 0 amide bonds. The predicted molar refractivity (Wildman–Crippen MR) is 87.3 cm³/mol. The van der Waals surface area contributed by atoms with Crippen molar-refractivity contribution in [3.63, 3.8) is 0 Å². The summed E-state index contributed by atoms with van der Waals surface area (Å²) in [6, 6.07) is 0.587. The molecule has 21 heavy (non-hydrogen) atoms. The second kappa shape index (κ2) is 6.55. The molecule has 2 saturated carbocycles. The lowest BCUT2D eigenvalue weighted by molar-refractivity contribution is 0.0923. The molecule has 3 aliphatic rings. The van der Waals surface area contributed by atoms with Crippen molar-refractivity contribution in [2.75, 3.05) is 26.2 Å². The van der Waals surface area contributed by atoms with Crippen LogP contribution in [-0.2, 0) is 0 Å². The molecule has 1 heterocycles. The Morgan fingerprint density at radius 1 is 1.14 bits per heavy atom. The standard InChI is InChI=1S/C18H34N2O/c1-14(2)19-12-18(8-4-3-5-9-18)13-20-10-15-6-7-17(21)16(15)11-20/h14-17,19,21H,3-13H2,1-2H3. The molecular weight excluding hydrogens is 260 g/mol. The van der Waals surface area contributed by atoms with Crippen LogP contribution >= 0.6 is 0 Å². The Morgan fingerprint density at radius 3 is 2.57 bits per heavy atom. The average molecular weight is 294 g/mol. The minimum atomic E-state index is -0.0175. The highest BCUT2D eigenvalue weighted by molar-refractivity contribution is 4.97. The number of rotatable bonds is 5. The van der Waals surface area contributed by atoms with Gasteiger partial charge in [-0.15, -0.1) is 0 Å². The normalized spacial score (nSPS) is 36.3. The minimum Gasteiger partial charge on any atom is -0.393 e. The topological polar surface area (TPSA) is 35.5 Å². The molecule has 3 heteroatoms. The van der Waals surface area contributed by atoms with Crippen LogP contribution in [0.2, 0.25) is 0 Å². The number of nitrogens with one attached hydrogen (secondary N) is 1. The maximum atomic E-state index is 10.1. The van der Waals surface area contributed by atoms with Crippen LogP contribution in [-0.4, -0.2) is 48.3 Å². The van der Waals surface area contributed by atoms with E-state index < -0.39 is 0 Å². The number of aliphatic hydroxyl groups is 1. The van der Waals surface area contributed by atoms with Gasteiger partial charge in [0.25, 0.3) is 0 Å². The van der Waals surface area contributed by atoms with Crippen molar-refractivity contribution in [1.82, 2.24) is 10.2 Å². The first-order valence-corrected chi connectivity index (χ1v) is 9.22. The summed E-state index contributed by atoms with van der Waals surface area (Å²) in [5.41, 5.74) is 0.492. The van der Waals surface area contributed by atoms with Crippen molar-refractivity contribution < 1.29 is 5.11 Å². The van der Waals surface area contributed by atoms with Crippen LogP contribution in [0.25, 0.3) is 0 Å². The van der Waals surface area contributed by atoms with Gasteiger partial charge in [-0.1, -0.05) is 33.1 Å².